The van der Waals surface area contributed by atoms with Gasteiger partial charge in [0, 0.05) is 20.0 Å². The highest BCUT2D eigenvalue weighted by Crippen LogP contribution is 2.20. The number of furan rings is 1. The number of ether oxygens (including phenoxy) is 2. The van der Waals surface area contributed by atoms with Gasteiger partial charge in [0.2, 0.25) is 0 Å². The van der Waals surface area contributed by atoms with Crippen molar-refractivity contribution in [2.75, 3.05) is 13.9 Å². The van der Waals surface area contributed by atoms with Crippen molar-refractivity contribution in [3.63, 3.8) is 0 Å². The van der Waals surface area contributed by atoms with Crippen LogP contribution in [0.3, 0.4) is 0 Å². The normalized spacial score (nSPS) is 20.7. The molecule has 18 heavy (non-hydrogen) atoms. The highest BCUT2D eigenvalue weighted by molar-refractivity contribution is 5.20. The fraction of sp³-hybridized carbons (Fsp3) is 0.600. The summed E-state index contributed by atoms with van der Waals surface area (Å²) in [6, 6.07) is 2.16. The lowest BCUT2D eigenvalue weighted by Crippen LogP contribution is -2.13. The molecule has 0 aliphatic carbocycles. The second kappa shape index (κ2) is 6.76. The first-order valence-electron chi connectivity index (χ1n) is 6.65. The Kier molecular flexibility index (Phi) is 5.02. The molecule has 0 aromatic carbocycles. The van der Waals surface area contributed by atoms with Gasteiger partial charge in [-0.1, -0.05) is 12.2 Å². The lowest BCUT2D eigenvalue weighted by molar-refractivity contribution is -0.0576. The molecule has 0 fully saturated rings. The van der Waals surface area contributed by atoms with E-state index in [2.05, 4.69) is 25.1 Å². The molecular weight excluding hydrogens is 228 g/mol. The van der Waals surface area contributed by atoms with Crippen molar-refractivity contribution in [2.45, 2.75) is 45.1 Å². The molecule has 0 saturated carbocycles. The van der Waals surface area contributed by atoms with Crippen molar-refractivity contribution in [3.8, 4) is 0 Å². The van der Waals surface area contributed by atoms with Crippen molar-refractivity contribution >= 4 is 0 Å². The predicted octanol–water partition coefficient (Wildman–Crippen LogP) is 3.40. The summed E-state index contributed by atoms with van der Waals surface area (Å²) in [7, 11) is 1.65. The van der Waals surface area contributed by atoms with E-state index in [4.69, 9.17) is 13.9 Å². The minimum Gasteiger partial charge on any atom is -0.466 e. The molecule has 0 saturated heterocycles. The number of methoxy groups -OCH3 is 1. The first kappa shape index (κ1) is 13.4. The molecule has 0 amide bonds. The Labute approximate surface area is 109 Å². The molecule has 0 radical (unpaired) electrons. The summed E-state index contributed by atoms with van der Waals surface area (Å²) in [6.07, 6.45) is 9.57. The first-order chi connectivity index (χ1) is 8.79. The van der Waals surface area contributed by atoms with E-state index in [-0.39, 0.29) is 6.10 Å². The smallest absolute Gasteiger partial charge is 0.147 e. The maximum atomic E-state index is 5.88. The van der Waals surface area contributed by atoms with E-state index < -0.39 is 0 Å². The van der Waals surface area contributed by atoms with Crippen molar-refractivity contribution in [1.29, 1.82) is 0 Å². The van der Waals surface area contributed by atoms with Crippen molar-refractivity contribution in [1.82, 2.24) is 0 Å². The number of fused-ring (bicyclic) bond motifs is 2. The van der Waals surface area contributed by atoms with Gasteiger partial charge in [-0.3, -0.25) is 0 Å². The minimum absolute atomic E-state index is 0.122. The summed E-state index contributed by atoms with van der Waals surface area (Å²) in [5, 5.41) is 0. The Morgan fingerprint density at radius 1 is 1.39 bits per heavy atom. The van der Waals surface area contributed by atoms with Gasteiger partial charge in [0.1, 0.15) is 18.3 Å². The molecule has 1 aliphatic rings. The second-order valence-electron chi connectivity index (χ2n) is 4.79. The molecule has 3 nitrogen and oxygen atoms in total. The fourth-order valence-corrected chi connectivity index (χ4v) is 2.27. The largest absolute Gasteiger partial charge is 0.466 e. The highest BCUT2D eigenvalue weighted by atomic mass is 16.7. The summed E-state index contributed by atoms with van der Waals surface area (Å²) >= 11 is 0. The monoisotopic (exact) mass is 250 g/mol. The Morgan fingerprint density at radius 2 is 2.28 bits per heavy atom. The summed E-state index contributed by atoms with van der Waals surface area (Å²) in [5.41, 5.74) is 1.28. The summed E-state index contributed by atoms with van der Waals surface area (Å²) in [5.74, 6) is 2.22. The van der Waals surface area contributed by atoms with E-state index in [0.717, 1.165) is 43.6 Å². The third-order valence-electron chi connectivity index (χ3n) is 3.27. The number of aryl methyl sites for hydroxylation is 3. The van der Waals surface area contributed by atoms with Gasteiger partial charge in [0.25, 0.3) is 0 Å². The number of rotatable bonds is 3. The standard InChI is InChI=1S/C15H22O3/c1-12-10-14-9-8-13(17-11-16-2)6-4-3-5-7-15(12)18-14/h4,6,10,13H,3,5,7-9,11H2,1-2H3. The molecule has 2 heterocycles. The van der Waals surface area contributed by atoms with E-state index in [1.54, 1.807) is 7.11 Å². The van der Waals surface area contributed by atoms with Gasteiger partial charge in [0.05, 0.1) is 6.10 Å². The van der Waals surface area contributed by atoms with Crippen LogP contribution < -0.4 is 0 Å². The molecule has 2 bridgehead atoms. The van der Waals surface area contributed by atoms with E-state index in [1.807, 2.05) is 0 Å². The van der Waals surface area contributed by atoms with Crippen LogP contribution in [0.25, 0.3) is 0 Å². The first-order valence-corrected chi connectivity index (χ1v) is 6.65. The van der Waals surface area contributed by atoms with E-state index in [1.165, 1.54) is 5.56 Å². The van der Waals surface area contributed by atoms with Gasteiger partial charge in [-0.15, -0.1) is 0 Å². The van der Waals surface area contributed by atoms with Gasteiger partial charge in [-0.05, 0) is 37.8 Å². The van der Waals surface area contributed by atoms with Crippen molar-refractivity contribution in [2.24, 2.45) is 0 Å². The van der Waals surface area contributed by atoms with Gasteiger partial charge >= 0.3 is 0 Å². The van der Waals surface area contributed by atoms with Crippen LogP contribution in [0.1, 0.15) is 36.3 Å². The number of allylic oxidation sites excluding steroid dienone is 1. The molecule has 100 valence electrons. The van der Waals surface area contributed by atoms with Crippen LogP contribution >= 0.6 is 0 Å². The molecular formula is C15H22O3. The minimum atomic E-state index is 0.122. The Bertz CT molecular complexity index is 392. The zero-order valence-electron chi connectivity index (χ0n) is 11.3. The molecule has 0 spiro atoms. The van der Waals surface area contributed by atoms with Crippen LogP contribution in [-0.2, 0) is 22.3 Å². The Morgan fingerprint density at radius 3 is 3.11 bits per heavy atom. The number of hydrogen-bond donors (Lipinski definition) is 0. The molecule has 1 atom stereocenters. The molecule has 1 aliphatic heterocycles. The zero-order chi connectivity index (χ0) is 12.8. The third-order valence-corrected chi connectivity index (χ3v) is 3.27. The molecule has 2 rings (SSSR count). The Balaban J connectivity index is 2.03. The average Bonchev–Trinajstić information content (AvgIpc) is 2.69. The van der Waals surface area contributed by atoms with E-state index in [9.17, 15) is 0 Å². The van der Waals surface area contributed by atoms with Gasteiger partial charge in [-0.25, -0.2) is 0 Å². The topological polar surface area (TPSA) is 31.6 Å². The van der Waals surface area contributed by atoms with Gasteiger partial charge in [0.15, 0.2) is 0 Å². The predicted molar refractivity (Wildman–Crippen MR) is 70.6 cm³/mol. The van der Waals surface area contributed by atoms with Crippen LogP contribution in [-0.4, -0.2) is 20.0 Å². The zero-order valence-corrected chi connectivity index (χ0v) is 11.3. The molecule has 0 N–H and O–H groups in total. The molecule has 3 heteroatoms. The molecule has 1 aromatic heterocycles. The fourth-order valence-electron chi connectivity index (χ4n) is 2.27. The van der Waals surface area contributed by atoms with Crippen molar-refractivity contribution in [3.05, 3.63) is 35.3 Å². The number of hydrogen-bond acceptors (Lipinski definition) is 3. The quantitative estimate of drug-likeness (QED) is 0.608. The van der Waals surface area contributed by atoms with Crippen LogP contribution in [0.2, 0.25) is 0 Å². The van der Waals surface area contributed by atoms with Gasteiger partial charge < -0.3 is 13.9 Å². The van der Waals surface area contributed by atoms with Crippen LogP contribution in [0.4, 0.5) is 0 Å². The van der Waals surface area contributed by atoms with Gasteiger partial charge in [-0.2, -0.15) is 0 Å². The molecule has 1 aromatic rings. The van der Waals surface area contributed by atoms with Crippen molar-refractivity contribution < 1.29 is 13.9 Å². The summed E-state index contributed by atoms with van der Waals surface area (Å²) in [6.45, 7) is 2.47. The van der Waals surface area contributed by atoms with E-state index >= 15 is 0 Å². The summed E-state index contributed by atoms with van der Waals surface area (Å²) < 4.78 is 16.5. The Hall–Kier alpha value is -1.06. The van der Waals surface area contributed by atoms with E-state index in [0.29, 0.717) is 6.79 Å². The second-order valence-corrected chi connectivity index (χ2v) is 4.79. The van der Waals surface area contributed by atoms with Crippen LogP contribution in [0.5, 0.6) is 0 Å². The SMILES string of the molecule is COCOC1C=CCCCc2oc(cc2C)CC1. The lowest BCUT2D eigenvalue weighted by Gasteiger charge is -2.12. The average molecular weight is 250 g/mol. The summed E-state index contributed by atoms with van der Waals surface area (Å²) in [4.78, 5) is 0. The lowest BCUT2D eigenvalue weighted by atomic mass is 10.1. The van der Waals surface area contributed by atoms with Crippen LogP contribution in [0, 0.1) is 6.92 Å². The van der Waals surface area contributed by atoms with Crippen LogP contribution in [0.15, 0.2) is 22.6 Å². The third kappa shape index (κ3) is 3.72. The maximum absolute atomic E-state index is 5.88. The molecule has 1 unspecified atom stereocenters. The highest BCUT2D eigenvalue weighted by Gasteiger charge is 2.12. The maximum Gasteiger partial charge on any atom is 0.147 e.